The first kappa shape index (κ1) is 14.4. The Balaban J connectivity index is 1.75. The number of para-hydroxylation sites is 1. The van der Waals surface area contributed by atoms with Gasteiger partial charge in [-0.25, -0.2) is 0 Å². The number of hydrogen-bond acceptors (Lipinski definition) is 2. The van der Waals surface area contributed by atoms with Crippen molar-refractivity contribution in [2.75, 3.05) is 13.1 Å². The molecule has 0 saturated carbocycles. The fraction of sp³-hybridized carbons (Fsp3) is 0.333. The van der Waals surface area contributed by atoms with Gasteiger partial charge in [-0.05, 0) is 68.1 Å². The Bertz CT molecular complexity index is 593. The van der Waals surface area contributed by atoms with E-state index in [-0.39, 0.29) is 0 Å². The molecule has 0 aromatic heterocycles. The molecule has 1 N–H and O–H groups in total. The Morgan fingerprint density at radius 3 is 2.67 bits per heavy atom. The average molecular weight is 302 g/mol. The third-order valence-corrected chi connectivity index (χ3v) is 4.20. The standard InChI is InChI=1S/C18H20ClNO/c19-16-5-3-6-17(13-16)21-18-7-2-1-4-15(18)12-14-8-10-20-11-9-14/h1-7,13-14,20H,8-12H2. The highest BCUT2D eigenvalue weighted by Gasteiger charge is 2.15. The summed E-state index contributed by atoms with van der Waals surface area (Å²) in [6, 6.07) is 15.9. The van der Waals surface area contributed by atoms with E-state index in [4.69, 9.17) is 16.3 Å². The molecule has 1 aliphatic rings. The molecule has 0 spiro atoms. The van der Waals surface area contributed by atoms with Crippen LogP contribution in [-0.2, 0) is 6.42 Å². The monoisotopic (exact) mass is 301 g/mol. The van der Waals surface area contributed by atoms with Crippen molar-refractivity contribution in [2.24, 2.45) is 5.92 Å². The van der Waals surface area contributed by atoms with Gasteiger partial charge in [0.25, 0.3) is 0 Å². The minimum atomic E-state index is 0.698. The SMILES string of the molecule is Clc1cccc(Oc2ccccc2CC2CCNCC2)c1. The molecule has 2 aromatic carbocycles. The van der Waals surface area contributed by atoms with Crippen molar-refractivity contribution in [1.82, 2.24) is 5.32 Å². The van der Waals surface area contributed by atoms with Crippen LogP contribution in [0, 0.1) is 5.92 Å². The molecular formula is C18H20ClNO. The molecule has 1 saturated heterocycles. The molecule has 0 unspecified atom stereocenters. The number of rotatable bonds is 4. The molecule has 110 valence electrons. The summed E-state index contributed by atoms with van der Waals surface area (Å²) in [5.41, 5.74) is 1.28. The summed E-state index contributed by atoms with van der Waals surface area (Å²) in [6.45, 7) is 2.25. The van der Waals surface area contributed by atoms with Crippen molar-refractivity contribution in [3.05, 3.63) is 59.1 Å². The maximum atomic E-state index is 6.03. The lowest BCUT2D eigenvalue weighted by Crippen LogP contribution is -2.28. The number of benzene rings is 2. The van der Waals surface area contributed by atoms with E-state index in [0.29, 0.717) is 5.02 Å². The fourth-order valence-corrected chi connectivity index (χ4v) is 3.01. The van der Waals surface area contributed by atoms with Gasteiger partial charge in [0.15, 0.2) is 0 Å². The molecule has 21 heavy (non-hydrogen) atoms. The van der Waals surface area contributed by atoms with E-state index in [1.54, 1.807) is 0 Å². The lowest BCUT2D eigenvalue weighted by atomic mass is 9.90. The van der Waals surface area contributed by atoms with Crippen molar-refractivity contribution in [1.29, 1.82) is 0 Å². The number of ether oxygens (including phenoxy) is 1. The van der Waals surface area contributed by atoms with E-state index in [1.807, 2.05) is 36.4 Å². The molecule has 0 aliphatic carbocycles. The van der Waals surface area contributed by atoms with Crippen LogP contribution in [0.2, 0.25) is 5.02 Å². The maximum absolute atomic E-state index is 6.03. The molecule has 3 rings (SSSR count). The predicted octanol–water partition coefficient (Wildman–Crippen LogP) is 4.67. The number of piperidine rings is 1. The van der Waals surface area contributed by atoms with Gasteiger partial charge in [0.1, 0.15) is 11.5 Å². The summed E-state index contributed by atoms with van der Waals surface area (Å²) in [6.07, 6.45) is 3.56. The third-order valence-electron chi connectivity index (χ3n) is 3.96. The van der Waals surface area contributed by atoms with Crippen molar-refractivity contribution in [3.8, 4) is 11.5 Å². The number of nitrogens with one attached hydrogen (secondary N) is 1. The quantitative estimate of drug-likeness (QED) is 0.885. The van der Waals surface area contributed by atoms with E-state index in [0.717, 1.165) is 36.9 Å². The van der Waals surface area contributed by atoms with E-state index in [2.05, 4.69) is 17.4 Å². The summed E-state index contributed by atoms with van der Waals surface area (Å²) in [5.74, 6) is 2.48. The molecule has 1 aliphatic heterocycles. The zero-order valence-corrected chi connectivity index (χ0v) is 12.8. The van der Waals surface area contributed by atoms with Gasteiger partial charge in [-0.3, -0.25) is 0 Å². The molecule has 2 nitrogen and oxygen atoms in total. The van der Waals surface area contributed by atoms with Crippen LogP contribution >= 0.6 is 11.6 Å². The zero-order valence-electron chi connectivity index (χ0n) is 12.0. The summed E-state index contributed by atoms with van der Waals surface area (Å²) < 4.78 is 6.03. The second kappa shape index (κ2) is 6.97. The smallest absolute Gasteiger partial charge is 0.130 e. The van der Waals surface area contributed by atoms with Gasteiger partial charge in [0.2, 0.25) is 0 Å². The molecule has 1 fully saturated rings. The fourth-order valence-electron chi connectivity index (χ4n) is 2.83. The van der Waals surface area contributed by atoms with Crippen molar-refractivity contribution >= 4 is 11.6 Å². The average Bonchev–Trinajstić information content (AvgIpc) is 2.50. The Morgan fingerprint density at radius 1 is 1.05 bits per heavy atom. The number of hydrogen-bond donors (Lipinski definition) is 1. The first-order valence-electron chi connectivity index (χ1n) is 7.53. The van der Waals surface area contributed by atoms with E-state index in [9.17, 15) is 0 Å². The van der Waals surface area contributed by atoms with Crippen LogP contribution in [0.5, 0.6) is 11.5 Å². The second-order valence-corrected chi connectivity index (χ2v) is 6.00. The largest absolute Gasteiger partial charge is 0.457 e. The topological polar surface area (TPSA) is 21.3 Å². The summed E-state index contributed by atoms with van der Waals surface area (Å²) >= 11 is 6.02. The summed E-state index contributed by atoms with van der Waals surface area (Å²) in [4.78, 5) is 0. The van der Waals surface area contributed by atoms with Gasteiger partial charge in [-0.2, -0.15) is 0 Å². The van der Waals surface area contributed by atoms with E-state index in [1.165, 1.54) is 18.4 Å². The lowest BCUT2D eigenvalue weighted by molar-refractivity contribution is 0.367. The van der Waals surface area contributed by atoms with Gasteiger partial charge in [0, 0.05) is 5.02 Å². The van der Waals surface area contributed by atoms with Crippen LogP contribution in [0.4, 0.5) is 0 Å². The first-order valence-corrected chi connectivity index (χ1v) is 7.91. The van der Waals surface area contributed by atoms with Crippen molar-refractivity contribution in [3.63, 3.8) is 0 Å². The summed E-state index contributed by atoms with van der Waals surface area (Å²) in [7, 11) is 0. The molecule has 0 bridgehead atoms. The highest BCUT2D eigenvalue weighted by Crippen LogP contribution is 2.30. The van der Waals surface area contributed by atoms with Crippen LogP contribution < -0.4 is 10.1 Å². The van der Waals surface area contributed by atoms with Crippen LogP contribution in [0.15, 0.2) is 48.5 Å². The second-order valence-electron chi connectivity index (χ2n) is 5.56. The molecule has 1 heterocycles. The highest BCUT2D eigenvalue weighted by molar-refractivity contribution is 6.30. The van der Waals surface area contributed by atoms with Crippen molar-refractivity contribution in [2.45, 2.75) is 19.3 Å². The molecular weight excluding hydrogens is 282 g/mol. The molecule has 0 amide bonds. The van der Waals surface area contributed by atoms with Gasteiger partial charge in [-0.15, -0.1) is 0 Å². The van der Waals surface area contributed by atoms with Crippen LogP contribution in [0.25, 0.3) is 0 Å². The van der Waals surface area contributed by atoms with Crippen molar-refractivity contribution < 1.29 is 4.74 Å². The Hall–Kier alpha value is -1.51. The molecule has 0 atom stereocenters. The van der Waals surface area contributed by atoms with Gasteiger partial charge in [-0.1, -0.05) is 35.9 Å². The van der Waals surface area contributed by atoms with Gasteiger partial charge < -0.3 is 10.1 Å². The molecule has 0 radical (unpaired) electrons. The number of halogens is 1. The minimum absolute atomic E-state index is 0.698. The Kier molecular flexibility index (Phi) is 4.79. The lowest BCUT2D eigenvalue weighted by Gasteiger charge is -2.23. The molecule has 2 aromatic rings. The van der Waals surface area contributed by atoms with Crippen LogP contribution in [0.3, 0.4) is 0 Å². The maximum Gasteiger partial charge on any atom is 0.130 e. The third kappa shape index (κ3) is 3.99. The zero-order chi connectivity index (χ0) is 14.5. The Morgan fingerprint density at radius 2 is 1.86 bits per heavy atom. The predicted molar refractivity (Wildman–Crippen MR) is 87.3 cm³/mol. The Labute approximate surface area is 131 Å². The highest BCUT2D eigenvalue weighted by atomic mass is 35.5. The van der Waals surface area contributed by atoms with Gasteiger partial charge in [0.05, 0.1) is 0 Å². The van der Waals surface area contributed by atoms with Crippen LogP contribution in [-0.4, -0.2) is 13.1 Å². The normalized spacial score (nSPS) is 15.9. The summed E-state index contributed by atoms with van der Waals surface area (Å²) in [5, 5.41) is 4.11. The van der Waals surface area contributed by atoms with Crippen LogP contribution in [0.1, 0.15) is 18.4 Å². The minimum Gasteiger partial charge on any atom is -0.457 e. The van der Waals surface area contributed by atoms with Gasteiger partial charge >= 0.3 is 0 Å². The first-order chi connectivity index (χ1) is 10.3. The van der Waals surface area contributed by atoms with E-state index < -0.39 is 0 Å². The van der Waals surface area contributed by atoms with E-state index >= 15 is 0 Å². The molecule has 3 heteroatoms.